The Morgan fingerprint density at radius 3 is 2.44 bits per heavy atom. The van der Waals surface area contributed by atoms with E-state index < -0.39 is 22.7 Å². The number of aliphatic hydroxyl groups excluding tert-OH is 1. The van der Waals surface area contributed by atoms with Gasteiger partial charge in [0.1, 0.15) is 5.02 Å². The molecule has 1 atom stereocenters. The summed E-state index contributed by atoms with van der Waals surface area (Å²) in [5, 5.41) is 27.8. The molecule has 0 aliphatic carbocycles. The lowest BCUT2D eigenvalue weighted by Crippen LogP contribution is -2.10. The van der Waals surface area contributed by atoms with E-state index in [4.69, 9.17) is 28.3 Å². The molecule has 0 aliphatic rings. The van der Waals surface area contributed by atoms with Gasteiger partial charge in [0.25, 0.3) is 5.69 Å². The minimum atomic E-state index is -1.88. The van der Waals surface area contributed by atoms with Crippen LogP contribution in [0.3, 0.4) is 0 Å². The van der Waals surface area contributed by atoms with Crippen molar-refractivity contribution in [2.24, 2.45) is 0 Å². The van der Waals surface area contributed by atoms with E-state index in [1.807, 2.05) is 0 Å². The molecule has 0 fully saturated rings. The van der Waals surface area contributed by atoms with Gasteiger partial charge in [-0.1, -0.05) is 23.2 Å². The van der Waals surface area contributed by atoms with Gasteiger partial charge in [-0.3, -0.25) is 10.1 Å². The van der Waals surface area contributed by atoms with Crippen LogP contribution in [-0.4, -0.2) is 21.1 Å². The monoisotopic (exact) mass is 265 g/mol. The summed E-state index contributed by atoms with van der Waals surface area (Å²) >= 11 is 11.1. The molecule has 0 saturated heterocycles. The molecule has 0 radical (unpaired) electrons. The quantitative estimate of drug-likeness (QED) is 0.643. The van der Waals surface area contributed by atoms with Crippen molar-refractivity contribution in [1.82, 2.24) is 0 Å². The normalized spacial score (nSPS) is 12.2. The first-order valence-corrected chi connectivity index (χ1v) is 4.64. The van der Waals surface area contributed by atoms with Gasteiger partial charge in [0.15, 0.2) is 6.10 Å². The fourth-order valence-electron chi connectivity index (χ4n) is 1.03. The first kappa shape index (κ1) is 12.7. The van der Waals surface area contributed by atoms with Crippen LogP contribution in [0.25, 0.3) is 0 Å². The van der Waals surface area contributed by atoms with E-state index in [0.29, 0.717) is 0 Å². The Bertz CT molecular complexity index is 462. The van der Waals surface area contributed by atoms with Crippen molar-refractivity contribution in [2.75, 3.05) is 0 Å². The first-order valence-electron chi connectivity index (χ1n) is 3.88. The number of nitro groups is 1. The number of carboxylic acids is 1. The topological polar surface area (TPSA) is 101 Å². The zero-order valence-corrected chi connectivity index (χ0v) is 9.07. The number of aliphatic hydroxyl groups is 1. The van der Waals surface area contributed by atoms with E-state index in [2.05, 4.69) is 0 Å². The molecule has 0 amide bonds. The van der Waals surface area contributed by atoms with E-state index in [0.717, 1.165) is 12.1 Å². The average Bonchev–Trinajstić information content (AvgIpc) is 2.20. The second kappa shape index (κ2) is 4.65. The molecule has 0 saturated carbocycles. The molecule has 0 aliphatic heterocycles. The summed E-state index contributed by atoms with van der Waals surface area (Å²) in [5.41, 5.74) is -0.752. The maximum atomic E-state index is 10.6. The number of nitrogens with zero attached hydrogens (tertiary/aromatic N) is 1. The second-order valence-electron chi connectivity index (χ2n) is 2.83. The van der Waals surface area contributed by atoms with Crippen molar-refractivity contribution in [3.05, 3.63) is 37.9 Å². The molecule has 0 aromatic heterocycles. The van der Waals surface area contributed by atoms with Crippen LogP contribution in [-0.2, 0) is 4.79 Å². The lowest BCUT2D eigenvalue weighted by Gasteiger charge is -2.07. The van der Waals surface area contributed by atoms with Gasteiger partial charge < -0.3 is 10.2 Å². The van der Waals surface area contributed by atoms with Crippen LogP contribution in [0.1, 0.15) is 11.7 Å². The summed E-state index contributed by atoms with van der Waals surface area (Å²) in [7, 11) is 0. The van der Waals surface area contributed by atoms with Gasteiger partial charge >= 0.3 is 5.97 Å². The maximum absolute atomic E-state index is 10.6. The SMILES string of the molecule is O=C(O)C(O)c1cc(Cl)c(Cl)c([N+](=O)[O-])c1. The van der Waals surface area contributed by atoms with E-state index in [-0.39, 0.29) is 15.6 Å². The molecule has 86 valence electrons. The third kappa shape index (κ3) is 2.41. The molecule has 1 aromatic rings. The summed E-state index contributed by atoms with van der Waals surface area (Å²) in [6.45, 7) is 0. The highest BCUT2D eigenvalue weighted by Gasteiger charge is 2.23. The van der Waals surface area contributed by atoms with Crippen LogP contribution >= 0.6 is 23.2 Å². The Balaban J connectivity index is 3.34. The van der Waals surface area contributed by atoms with Gasteiger partial charge in [-0.15, -0.1) is 0 Å². The third-order valence-corrected chi connectivity index (χ3v) is 2.57. The largest absolute Gasteiger partial charge is 0.479 e. The summed E-state index contributed by atoms with van der Waals surface area (Å²) in [6, 6.07) is 1.93. The zero-order chi connectivity index (χ0) is 12.5. The lowest BCUT2D eigenvalue weighted by molar-refractivity contribution is -0.384. The summed E-state index contributed by atoms with van der Waals surface area (Å²) in [6.07, 6.45) is -1.88. The molecule has 0 heterocycles. The van der Waals surface area contributed by atoms with Crippen molar-refractivity contribution in [3.8, 4) is 0 Å². The highest BCUT2D eigenvalue weighted by molar-refractivity contribution is 6.43. The highest BCUT2D eigenvalue weighted by atomic mass is 35.5. The van der Waals surface area contributed by atoms with Crippen LogP contribution in [0, 0.1) is 10.1 Å². The van der Waals surface area contributed by atoms with E-state index >= 15 is 0 Å². The Hall–Kier alpha value is -1.37. The molecule has 1 unspecified atom stereocenters. The summed E-state index contributed by atoms with van der Waals surface area (Å²) in [4.78, 5) is 20.2. The standard InChI is InChI=1S/C8H5Cl2NO5/c9-4-1-3(7(12)8(13)14)2-5(6(4)10)11(15)16/h1-2,7,12H,(H,13,14). The average molecular weight is 266 g/mol. The van der Waals surface area contributed by atoms with Crippen molar-refractivity contribution in [1.29, 1.82) is 0 Å². The van der Waals surface area contributed by atoms with E-state index in [1.54, 1.807) is 0 Å². The Kier molecular flexibility index (Phi) is 3.69. The van der Waals surface area contributed by atoms with Crippen molar-refractivity contribution in [3.63, 3.8) is 0 Å². The van der Waals surface area contributed by atoms with E-state index in [9.17, 15) is 20.0 Å². The fourth-order valence-corrected chi connectivity index (χ4v) is 1.43. The van der Waals surface area contributed by atoms with Gasteiger partial charge in [-0.25, -0.2) is 4.79 Å². The number of rotatable bonds is 3. The van der Waals surface area contributed by atoms with Gasteiger partial charge in [0.05, 0.1) is 9.95 Å². The van der Waals surface area contributed by atoms with Crippen LogP contribution in [0.5, 0.6) is 0 Å². The van der Waals surface area contributed by atoms with Crippen molar-refractivity contribution >= 4 is 34.9 Å². The second-order valence-corrected chi connectivity index (χ2v) is 3.62. The highest BCUT2D eigenvalue weighted by Crippen LogP contribution is 2.34. The minimum absolute atomic E-state index is 0.189. The number of carboxylic acid groups (broad SMARTS) is 1. The molecule has 6 nitrogen and oxygen atoms in total. The Labute approximate surface area is 99.2 Å². The van der Waals surface area contributed by atoms with Gasteiger partial charge in [-0.05, 0) is 6.07 Å². The van der Waals surface area contributed by atoms with Crippen molar-refractivity contribution in [2.45, 2.75) is 6.10 Å². The van der Waals surface area contributed by atoms with Crippen molar-refractivity contribution < 1.29 is 19.9 Å². The lowest BCUT2D eigenvalue weighted by atomic mass is 10.1. The molecule has 1 rings (SSSR count). The number of halogens is 2. The molecule has 8 heteroatoms. The van der Waals surface area contributed by atoms with Crippen LogP contribution in [0.2, 0.25) is 10.0 Å². The smallest absolute Gasteiger partial charge is 0.337 e. The number of hydrogen-bond acceptors (Lipinski definition) is 4. The van der Waals surface area contributed by atoms with Gasteiger partial charge in [0.2, 0.25) is 0 Å². The maximum Gasteiger partial charge on any atom is 0.337 e. The van der Waals surface area contributed by atoms with E-state index in [1.165, 1.54) is 0 Å². The molecule has 16 heavy (non-hydrogen) atoms. The summed E-state index contributed by atoms with van der Waals surface area (Å²) in [5.74, 6) is -1.53. The van der Waals surface area contributed by atoms with Crippen LogP contribution in [0.4, 0.5) is 5.69 Å². The molecule has 1 aromatic carbocycles. The minimum Gasteiger partial charge on any atom is -0.479 e. The fraction of sp³-hybridized carbons (Fsp3) is 0.125. The molecular weight excluding hydrogens is 261 g/mol. The number of aliphatic carboxylic acids is 1. The third-order valence-electron chi connectivity index (χ3n) is 1.78. The molecule has 0 bridgehead atoms. The predicted molar refractivity (Wildman–Crippen MR) is 55.7 cm³/mol. The Morgan fingerprint density at radius 1 is 1.44 bits per heavy atom. The molecular formula is C8H5Cl2NO5. The van der Waals surface area contributed by atoms with Crippen LogP contribution < -0.4 is 0 Å². The van der Waals surface area contributed by atoms with Gasteiger partial charge in [-0.2, -0.15) is 0 Å². The molecule has 2 N–H and O–H groups in total. The zero-order valence-electron chi connectivity index (χ0n) is 7.55. The first-order chi connectivity index (χ1) is 7.34. The number of nitro benzene ring substituents is 1. The van der Waals surface area contributed by atoms with Crippen LogP contribution in [0.15, 0.2) is 12.1 Å². The molecule has 0 spiro atoms. The Morgan fingerprint density at radius 2 is 2.00 bits per heavy atom. The number of benzene rings is 1. The number of hydrogen-bond donors (Lipinski definition) is 2. The predicted octanol–water partition coefficient (Wildman–Crippen LogP) is 2.02. The van der Waals surface area contributed by atoms with Gasteiger partial charge in [0, 0.05) is 11.6 Å². The number of carbonyl (C=O) groups is 1. The summed E-state index contributed by atoms with van der Waals surface area (Å²) < 4.78 is 0.